The molecule has 1 aromatic carbocycles. The summed E-state index contributed by atoms with van der Waals surface area (Å²) < 4.78 is 6.00. The summed E-state index contributed by atoms with van der Waals surface area (Å²) in [5, 5.41) is 0. The Kier molecular flexibility index (Phi) is 2.39. The van der Waals surface area contributed by atoms with Gasteiger partial charge < -0.3 is 10.5 Å². The summed E-state index contributed by atoms with van der Waals surface area (Å²) in [6.07, 6.45) is 3.14. The number of benzene rings is 1. The van der Waals surface area contributed by atoms with Gasteiger partial charge in [0.1, 0.15) is 0 Å². The van der Waals surface area contributed by atoms with Crippen molar-refractivity contribution in [2.45, 2.75) is 37.7 Å². The number of hydrogen-bond donors (Lipinski definition) is 1. The number of amides is 1. The first-order valence-corrected chi connectivity index (χ1v) is 7.61. The summed E-state index contributed by atoms with van der Waals surface area (Å²) in [5.74, 6) is 0.678. The molecule has 3 nitrogen and oxygen atoms in total. The highest BCUT2D eigenvalue weighted by atomic mass is 16.5. The Morgan fingerprint density at radius 3 is 2.65 bits per heavy atom. The molecule has 1 amide bonds. The van der Waals surface area contributed by atoms with E-state index in [9.17, 15) is 4.79 Å². The maximum absolute atomic E-state index is 12.1. The molecule has 5 atom stereocenters. The van der Waals surface area contributed by atoms with Crippen LogP contribution in [0.5, 0.6) is 0 Å². The van der Waals surface area contributed by atoms with Crippen molar-refractivity contribution >= 4 is 5.91 Å². The van der Waals surface area contributed by atoms with E-state index in [0.29, 0.717) is 11.8 Å². The van der Waals surface area contributed by atoms with Crippen molar-refractivity contribution in [3.05, 3.63) is 35.9 Å². The van der Waals surface area contributed by atoms with Crippen molar-refractivity contribution in [1.29, 1.82) is 0 Å². The molecule has 1 aromatic rings. The average molecular weight is 271 g/mol. The van der Waals surface area contributed by atoms with Crippen LogP contribution in [0.3, 0.4) is 0 Å². The Labute approximate surface area is 119 Å². The standard InChI is InChI=1S/C17H21NO2/c1-2-20-14-12-9-17(15(18)19)10-16(12,8-13(14)17)11-6-4-3-5-7-11/h3-7,12-14H,2,8-10H2,1H3,(H2,18,19). The van der Waals surface area contributed by atoms with Gasteiger partial charge in [-0.25, -0.2) is 0 Å². The number of carbonyl (C=O) groups excluding carboxylic acids is 1. The van der Waals surface area contributed by atoms with Crippen molar-refractivity contribution < 1.29 is 9.53 Å². The summed E-state index contributed by atoms with van der Waals surface area (Å²) >= 11 is 0. The molecule has 4 bridgehead atoms. The molecule has 2 N–H and O–H groups in total. The largest absolute Gasteiger partial charge is 0.378 e. The molecule has 4 aliphatic carbocycles. The van der Waals surface area contributed by atoms with Gasteiger partial charge in [-0.3, -0.25) is 4.79 Å². The summed E-state index contributed by atoms with van der Waals surface area (Å²) in [5.41, 5.74) is 6.98. The minimum Gasteiger partial charge on any atom is -0.378 e. The molecule has 4 aliphatic rings. The topological polar surface area (TPSA) is 52.3 Å². The third-order valence-corrected chi connectivity index (χ3v) is 6.21. The maximum Gasteiger partial charge on any atom is 0.224 e. The van der Waals surface area contributed by atoms with Gasteiger partial charge in [-0.05, 0) is 37.7 Å². The predicted octanol–water partition coefficient (Wildman–Crippen LogP) is 2.24. The van der Waals surface area contributed by atoms with Crippen LogP contribution in [0, 0.1) is 17.3 Å². The SMILES string of the molecule is CCOC1C2CC3(c4ccccc4)CC2(C(N)=O)CC13. The highest BCUT2D eigenvalue weighted by molar-refractivity contribution is 5.84. The monoisotopic (exact) mass is 271 g/mol. The zero-order valence-electron chi connectivity index (χ0n) is 11.8. The highest BCUT2D eigenvalue weighted by Gasteiger charge is 2.77. The summed E-state index contributed by atoms with van der Waals surface area (Å²) in [6, 6.07) is 10.7. The van der Waals surface area contributed by atoms with E-state index in [1.165, 1.54) is 5.56 Å². The number of hydrogen-bond acceptors (Lipinski definition) is 2. The Morgan fingerprint density at radius 2 is 2.05 bits per heavy atom. The van der Waals surface area contributed by atoms with Gasteiger partial charge in [-0.1, -0.05) is 30.3 Å². The van der Waals surface area contributed by atoms with Crippen LogP contribution in [0.4, 0.5) is 0 Å². The lowest BCUT2D eigenvalue weighted by Crippen LogP contribution is -2.41. The van der Waals surface area contributed by atoms with E-state index in [-0.39, 0.29) is 22.8 Å². The summed E-state index contributed by atoms with van der Waals surface area (Å²) in [6.45, 7) is 2.76. The van der Waals surface area contributed by atoms with Gasteiger partial charge in [0.05, 0.1) is 11.5 Å². The molecule has 4 saturated carbocycles. The van der Waals surface area contributed by atoms with Crippen LogP contribution in [0.2, 0.25) is 0 Å². The summed E-state index contributed by atoms with van der Waals surface area (Å²) in [7, 11) is 0. The van der Waals surface area contributed by atoms with E-state index < -0.39 is 0 Å². The second-order valence-corrected chi connectivity index (χ2v) is 6.76. The lowest BCUT2D eigenvalue weighted by molar-refractivity contribution is -0.130. The fraction of sp³-hybridized carbons (Fsp3) is 0.588. The summed E-state index contributed by atoms with van der Waals surface area (Å²) in [4.78, 5) is 12.1. The molecule has 0 radical (unpaired) electrons. The van der Waals surface area contributed by atoms with Crippen molar-refractivity contribution in [2.24, 2.45) is 23.0 Å². The highest BCUT2D eigenvalue weighted by Crippen LogP contribution is 2.76. The van der Waals surface area contributed by atoms with Crippen LogP contribution in [-0.4, -0.2) is 18.6 Å². The predicted molar refractivity (Wildman–Crippen MR) is 76.0 cm³/mol. The molecular formula is C17H21NO2. The van der Waals surface area contributed by atoms with Gasteiger partial charge in [0.25, 0.3) is 0 Å². The molecule has 3 heteroatoms. The van der Waals surface area contributed by atoms with E-state index >= 15 is 0 Å². The van der Waals surface area contributed by atoms with Crippen molar-refractivity contribution in [3.8, 4) is 0 Å². The van der Waals surface area contributed by atoms with Gasteiger partial charge >= 0.3 is 0 Å². The molecular weight excluding hydrogens is 250 g/mol. The van der Waals surface area contributed by atoms with E-state index in [1.54, 1.807) is 0 Å². The zero-order valence-corrected chi connectivity index (χ0v) is 11.8. The second-order valence-electron chi connectivity index (χ2n) is 6.76. The minimum atomic E-state index is -0.305. The maximum atomic E-state index is 12.1. The average Bonchev–Trinajstić information content (AvgIpc) is 3.13. The Morgan fingerprint density at radius 1 is 1.30 bits per heavy atom. The van der Waals surface area contributed by atoms with Crippen LogP contribution in [-0.2, 0) is 14.9 Å². The fourth-order valence-corrected chi connectivity index (χ4v) is 5.59. The van der Waals surface area contributed by atoms with Crippen LogP contribution >= 0.6 is 0 Å². The van der Waals surface area contributed by atoms with E-state index in [4.69, 9.17) is 10.5 Å². The second kappa shape index (κ2) is 3.85. The molecule has 0 saturated heterocycles. The molecule has 0 spiro atoms. The molecule has 5 unspecified atom stereocenters. The zero-order chi connectivity index (χ0) is 14.0. The van der Waals surface area contributed by atoms with Gasteiger partial charge in [-0.2, -0.15) is 0 Å². The number of carbonyl (C=O) groups is 1. The van der Waals surface area contributed by atoms with Crippen LogP contribution in [0.25, 0.3) is 0 Å². The molecule has 0 heterocycles. The number of ether oxygens (including phenoxy) is 1. The van der Waals surface area contributed by atoms with Gasteiger partial charge in [0.15, 0.2) is 0 Å². The van der Waals surface area contributed by atoms with Gasteiger partial charge in [0.2, 0.25) is 5.91 Å². The lowest BCUT2D eigenvalue weighted by Gasteiger charge is -2.33. The van der Waals surface area contributed by atoms with Gasteiger partial charge in [0, 0.05) is 17.9 Å². The normalized spacial score (nSPS) is 44.4. The van der Waals surface area contributed by atoms with Crippen molar-refractivity contribution in [2.75, 3.05) is 6.61 Å². The minimum absolute atomic E-state index is 0.106. The van der Waals surface area contributed by atoms with Crippen LogP contribution in [0.1, 0.15) is 31.7 Å². The third-order valence-electron chi connectivity index (χ3n) is 6.21. The van der Waals surface area contributed by atoms with Crippen LogP contribution in [0.15, 0.2) is 30.3 Å². The smallest absolute Gasteiger partial charge is 0.224 e. The lowest BCUT2D eigenvalue weighted by atomic mass is 9.74. The number of primary amides is 1. The van der Waals surface area contributed by atoms with Crippen LogP contribution < -0.4 is 5.73 Å². The Balaban J connectivity index is 1.80. The molecule has 106 valence electrons. The molecule has 5 rings (SSSR count). The van der Waals surface area contributed by atoms with Crippen molar-refractivity contribution in [1.82, 2.24) is 0 Å². The van der Waals surface area contributed by atoms with E-state index in [2.05, 4.69) is 30.3 Å². The van der Waals surface area contributed by atoms with Gasteiger partial charge in [-0.15, -0.1) is 0 Å². The van der Waals surface area contributed by atoms with E-state index in [1.807, 2.05) is 6.92 Å². The Bertz CT molecular complexity index is 557. The molecule has 20 heavy (non-hydrogen) atoms. The first-order valence-electron chi connectivity index (χ1n) is 7.61. The molecule has 4 fully saturated rings. The first-order chi connectivity index (χ1) is 9.64. The fourth-order valence-electron chi connectivity index (χ4n) is 5.59. The van der Waals surface area contributed by atoms with E-state index in [0.717, 1.165) is 25.9 Å². The first kappa shape index (κ1) is 12.4. The molecule has 0 aliphatic heterocycles. The quantitative estimate of drug-likeness (QED) is 0.913. The number of nitrogens with two attached hydrogens (primary N) is 1. The number of rotatable bonds is 4. The Hall–Kier alpha value is -1.35. The molecule has 0 aromatic heterocycles. The third kappa shape index (κ3) is 1.23. The van der Waals surface area contributed by atoms with Crippen molar-refractivity contribution in [3.63, 3.8) is 0 Å².